The van der Waals surface area contributed by atoms with Gasteiger partial charge in [-0.1, -0.05) is 24.3 Å². The molecule has 0 bridgehead atoms. The van der Waals surface area contributed by atoms with E-state index in [9.17, 15) is 0 Å². The third-order valence-corrected chi connectivity index (χ3v) is 1.96. The first-order valence-corrected chi connectivity index (χ1v) is 5.03. The van der Waals surface area contributed by atoms with Gasteiger partial charge in [-0.15, -0.1) is 6.42 Å². The second kappa shape index (κ2) is 13.5. The molecule has 2 rings (SSSR count). The minimum atomic E-state index is 0. The van der Waals surface area contributed by atoms with Gasteiger partial charge in [0, 0.05) is 0 Å². The predicted molar refractivity (Wildman–Crippen MR) is 64.7 cm³/mol. The Hall–Kier alpha value is -0.534. The molecule has 85 valence electrons. The number of allylic oxidation sites excluding steroid dienone is 8. The summed E-state index contributed by atoms with van der Waals surface area (Å²) < 4.78 is 0. The van der Waals surface area contributed by atoms with Crippen LogP contribution in [0.5, 0.6) is 0 Å². The van der Waals surface area contributed by atoms with Gasteiger partial charge in [-0.05, 0) is 25.7 Å². The maximum absolute atomic E-state index is 2.99. The van der Waals surface area contributed by atoms with Gasteiger partial charge in [-0.2, -0.15) is 6.08 Å². The van der Waals surface area contributed by atoms with E-state index in [1.54, 1.807) is 0 Å². The van der Waals surface area contributed by atoms with Crippen molar-refractivity contribution in [2.45, 2.75) is 32.1 Å². The fourth-order valence-corrected chi connectivity index (χ4v) is 1.21. The Morgan fingerprint density at radius 3 is 1.73 bits per heavy atom. The number of rotatable bonds is 0. The normalized spacial score (nSPS) is 16.5. The van der Waals surface area contributed by atoms with E-state index in [1.165, 1.54) is 25.7 Å². The van der Waals surface area contributed by atoms with Crippen LogP contribution < -0.4 is 0 Å². The fraction of sp³-hybridized carbons (Fsp3) is 0.357. The smallest absolute Gasteiger partial charge is 0.358 e. The van der Waals surface area contributed by atoms with E-state index in [0.717, 1.165) is 6.42 Å². The number of hydrogen-bond acceptors (Lipinski definition) is 0. The molecule has 0 aromatic carbocycles. The standard InChI is InChI=1S/C8H12.C5H5.CH3.Co/c1-2-4-6-8-7-5-3-1;1-2-4-5-3-1;;/h1-4H,5-8H2;1-3H,4H2;1H3;/q;2*-1;+2. The molecule has 0 heterocycles. The molecule has 0 saturated heterocycles. The molecule has 0 fully saturated rings. The summed E-state index contributed by atoms with van der Waals surface area (Å²) in [6.07, 6.45) is 24.0. The Bertz CT molecular complexity index is 197. The second-order valence-corrected chi connectivity index (χ2v) is 3.14. The summed E-state index contributed by atoms with van der Waals surface area (Å²) >= 11 is 0. The third-order valence-electron chi connectivity index (χ3n) is 1.96. The molecule has 15 heavy (non-hydrogen) atoms. The molecule has 0 aliphatic heterocycles. The zero-order valence-electron chi connectivity index (χ0n) is 9.41. The maximum atomic E-state index is 2.99. The second-order valence-electron chi connectivity index (χ2n) is 3.14. The predicted octanol–water partition coefficient (Wildman–Crippen LogP) is 4.43. The summed E-state index contributed by atoms with van der Waals surface area (Å²) in [4.78, 5) is 0. The van der Waals surface area contributed by atoms with Crippen LogP contribution in [0.2, 0.25) is 0 Å². The first-order chi connectivity index (χ1) is 6.50. The average Bonchev–Trinajstić information content (AvgIpc) is 2.58. The molecule has 0 aromatic heterocycles. The van der Waals surface area contributed by atoms with E-state index in [2.05, 4.69) is 36.5 Å². The van der Waals surface area contributed by atoms with Crippen LogP contribution in [0.4, 0.5) is 0 Å². The molecule has 2 aliphatic carbocycles. The van der Waals surface area contributed by atoms with Gasteiger partial charge in [-0.25, -0.2) is 12.2 Å². The molecule has 1 radical (unpaired) electrons. The SMILES string of the molecule is C1=CCCCCC=C1.[C-]1=CC=CC1.[CH3-].[Co+2]. The minimum Gasteiger partial charge on any atom is -0.358 e. The van der Waals surface area contributed by atoms with E-state index in [4.69, 9.17) is 0 Å². The summed E-state index contributed by atoms with van der Waals surface area (Å²) in [7, 11) is 0. The first-order valence-electron chi connectivity index (χ1n) is 5.03. The van der Waals surface area contributed by atoms with Gasteiger partial charge in [0.25, 0.3) is 0 Å². The zero-order valence-corrected chi connectivity index (χ0v) is 10.5. The maximum Gasteiger partial charge on any atom is 2.00 e. The Labute approximate surface area is 105 Å². The van der Waals surface area contributed by atoms with Crippen LogP contribution in [0.25, 0.3) is 0 Å². The van der Waals surface area contributed by atoms with E-state index in [0.29, 0.717) is 0 Å². The van der Waals surface area contributed by atoms with Crippen LogP contribution >= 0.6 is 0 Å². The molecule has 0 saturated carbocycles. The Kier molecular flexibility index (Phi) is 15.2. The van der Waals surface area contributed by atoms with Gasteiger partial charge in [0.05, 0.1) is 0 Å². The van der Waals surface area contributed by atoms with Crippen LogP contribution in [-0.4, -0.2) is 0 Å². The van der Waals surface area contributed by atoms with E-state index in [1.807, 2.05) is 12.2 Å². The van der Waals surface area contributed by atoms with Crippen molar-refractivity contribution in [1.29, 1.82) is 0 Å². The van der Waals surface area contributed by atoms with Crippen LogP contribution in [0.1, 0.15) is 32.1 Å². The Morgan fingerprint density at radius 2 is 1.40 bits per heavy atom. The molecule has 0 atom stereocenters. The quantitative estimate of drug-likeness (QED) is 0.555. The fourth-order valence-electron chi connectivity index (χ4n) is 1.21. The van der Waals surface area contributed by atoms with Crippen molar-refractivity contribution in [1.82, 2.24) is 0 Å². The van der Waals surface area contributed by atoms with E-state index in [-0.39, 0.29) is 24.2 Å². The van der Waals surface area contributed by atoms with Crippen molar-refractivity contribution in [3.8, 4) is 0 Å². The molecule has 1 heteroatoms. The van der Waals surface area contributed by atoms with Gasteiger partial charge in [0.2, 0.25) is 0 Å². The van der Waals surface area contributed by atoms with Crippen LogP contribution in [0, 0.1) is 13.5 Å². The molecule has 0 amide bonds. The van der Waals surface area contributed by atoms with Crippen molar-refractivity contribution in [3.63, 3.8) is 0 Å². The van der Waals surface area contributed by atoms with E-state index >= 15 is 0 Å². The van der Waals surface area contributed by atoms with Crippen molar-refractivity contribution in [2.75, 3.05) is 0 Å². The van der Waals surface area contributed by atoms with Gasteiger partial charge < -0.3 is 7.43 Å². The van der Waals surface area contributed by atoms with Gasteiger partial charge >= 0.3 is 16.8 Å². The van der Waals surface area contributed by atoms with Crippen LogP contribution in [-0.2, 0) is 16.8 Å². The van der Waals surface area contributed by atoms with Crippen LogP contribution in [0.3, 0.4) is 0 Å². The summed E-state index contributed by atoms with van der Waals surface area (Å²) in [5.74, 6) is 0. The van der Waals surface area contributed by atoms with Crippen molar-refractivity contribution < 1.29 is 16.8 Å². The monoisotopic (exact) mass is 247 g/mol. The zero-order chi connectivity index (χ0) is 9.19. The van der Waals surface area contributed by atoms with Crippen molar-refractivity contribution in [3.05, 3.63) is 56.0 Å². The third kappa shape index (κ3) is 11.4. The van der Waals surface area contributed by atoms with Crippen molar-refractivity contribution in [2.24, 2.45) is 0 Å². The minimum absolute atomic E-state index is 0. The summed E-state index contributed by atoms with van der Waals surface area (Å²) in [5, 5.41) is 0. The van der Waals surface area contributed by atoms with Crippen molar-refractivity contribution >= 4 is 0 Å². The summed E-state index contributed by atoms with van der Waals surface area (Å²) in [6, 6.07) is 0. The Balaban J connectivity index is 0. The summed E-state index contributed by atoms with van der Waals surface area (Å²) in [5.41, 5.74) is 0. The Morgan fingerprint density at radius 1 is 0.800 bits per heavy atom. The average molecular weight is 247 g/mol. The molecular formula is C14H20Co. The molecule has 0 spiro atoms. The molecule has 0 N–H and O–H groups in total. The number of hydrogen-bond donors (Lipinski definition) is 0. The van der Waals surface area contributed by atoms with Crippen LogP contribution in [0.15, 0.2) is 42.5 Å². The molecule has 2 aliphatic rings. The van der Waals surface area contributed by atoms with Gasteiger partial charge in [0.15, 0.2) is 0 Å². The molecular weight excluding hydrogens is 227 g/mol. The molecule has 0 aromatic rings. The largest absolute Gasteiger partial charge is 2.00 e. The topological polar surface area (TPSA) is 0 Å². The molecule has 0 unspecified atom stereocenters. The van der Waals surface area contributed by atoms with Gasteiger partial charge in [0.1, 0.15) is 0 Å². The molecule has 0 nitrogen and oxygen atoms in total. The van der Waals surface area contributed by atoms with E-state index < -0.39 is 0 Å². The summed E-state index contributed by atoms with van der Waals surface area (Å²) in [6.45, 7) is 0. The first kappa shape index (κ1) is 16.9. The van der Waals surface area contributed by atoms with Gasteiger partial charge in [-0.3, -0.25) is 6.08 Å².